The molecular weight excluding hydrogens is 368 g/mol. The Kier molecular flexibility index (Phi) is 5.03. The van der Waals surface area contributed by atoms with Crippen molar-refractivity contribution >= 4 is 22.6 Å². The average molecular weight is 390 g/mol. The molecule has 0 radical (unpaired) electrons. The monoisotopic (exact) mass is 390 g/mol. The van der Waals surface area contributed by atoms with Crippen LogP contribution in [-0.4, -0.2) is 20.7 Å². The number of amides is 1. The largest absolute Gasteiger partial charge is 0.486 e. The van der Waals surface area contributed by atoms with Crippen LogP contribution in [0.1, 0.15) is 41.8 Å². The molecule has 0 aliphatic carbocycles. The molecule has 3 heterocycles. The SMILES string of the molecule is Cc1ccc(OCc2ccc(C(=O)Nc3cnc4c(cnn4C(C)C)c3)o2)cc1. The fourth-order valence-electron chi connectivity index (χ4n) is 2.95. The van der Waals surface area contributed by atoms with Gasteiger partial charge in [0.15, 0.2) is 11.4 Å². The van der Waals surface area contributed by atoms with Crippen molar-refractivity contribution in [3.63, 3.8) is 0 Å². The van der Waals surface area contributed by atoms with E-state index in [1.165, 1.54) is 5.56 Å². The normalized spacial score (nSPS) is 11.2. The first kappa shape index (κ1) is 18.7. The summed E-state index contributed by atoms with van der Waals surface area (Å²) < 4.78 is 13.1. The van der Waals surface area contributed by atoms with Gasteiger partial charge in [-0.1, -0.05) is 17.7 Å². The van der Waals surface area contributed by atoms with E-state index in [1.54, 1.807) is 24.5 Å². The predicted octanol–water partition coefficient (Wildman–Crippen LogP) is 4.74. The molecule has 148 valence electrons. The minimum absolute atomic E-state index is 0.212. The second-order valence-corrected chi connectivity index (χ2v) is 7.14. The molecule has 0 aliphatic rings. The van der Waals surface area contributed by atoms with Gasteiger partial charge in [-0.3, -0.25) is 4.79 Å². The Morgan fingerprint density at radius 2 is 1.97 bits per heavy atom. The zero-order chi connectivity index (χ0) is 20.4. The van der Waals surface area contributed by atoms with E-state index >= 15 is 0 Å². The number of carbonyl (C=O) groups is 1. The van der Waals surface area contributed by atoms with Crippen molar-refractivity contribution in [2.75, 3.05) is 5.32 Å². The van der Waals surface area contributed by atoms with Gasteiger partial charge in [0.25, 0.3) is 5.91 Å². The fraction of sp³-hybridized carbons (Fsp3) is 0.227. The van der Waals surface area contributed by atoms with Crippen LogP contribution in [0.3, 0.4) is 0 Å². The molecule has 0 bridgehead atoms. The van der Waals surface area contributed by atoms with Crippen LogP contribution in [0.4, 0.5) is 5.69 Å². The molecule has 1 N–H and O–H groups in total. The van der Waals surface area contributed by atoms with E-state index in [4.69, 9.17) is 9.15 Å². The molecule has 0 saturated heterocycles. The summed E-state index contributed by atoms with van der Waals surface area (Å²) in [4.78, 5) is 16.9. The molecule has 0 aliphatic heterocycles. The summed E-state index contributed by atoms with van der Waals surface area (Å²) in [6.45, 7) is 6.35. The zero-order valence-electron chi connectivity index (χ0n) is 16.5. The molecule has 7 heteroatoms. The summed E-state index contributed by atoms with van der Waals surface area (Å²) in [5, 5.41) is 8.01. The maximum atomic E-state index is 12.5. The first-order valence-corrected chi connectivity index (χ1v) is 9.42. The maximum Gasteiger partial charge on any atom is 0.291 e. The van der Waals surface area contributed by atoms with Crippen LogP contribution in [-0.2, 0) is 6.61 Å². The Morgan fingerprint density at radius 1 is 1.17 bits per heavy atom. The first-order chi connectivity index (χ1) is 14.0. The van der Waals surface area contributed by atoms with E-state index in [1.807, 2.05) is 55.8 Å². The second-order valence-electron chi connectivity index (χ2n) is 7.14. The molecular formula is C22H22N4O3. The topological polar surface area (TPSA) is 82.2 Å². The number of hydrogen-bond donors (Lipinski definition) is 1. The standard InChI is InChI=1S/C22H22N4O3/c1-14(2)26-21-16(11-24-26)10-17(12-23-21)25-22(27)20-9-8-19(29-20)13-28-18-6-4-15(3)5-7-18/h4-12,14H,13H2,1-3H3,(H,25,27). The van der Waals surface area contributed by atoms with Gasteiger partial charge >= 0.3 is 0 Å². The van der Waals surface area contributed by atoms with E-state index in [0.29, 0.717) is 11.4 Å². The number of aromatic nitrogens is 3. The van der Waals surface area contributed by atoms with Gasteiger partial charge in [-0.2, -0.15) is 5.10 Å². The highest BCUT2D eigenvalue weighted by atomic mass is 16.5. The second kappa shape index (κ2) is 7.79. The van der Waals surface area contributed by atoms with Crippen molar-refractivity contribution in [1.29, 1.82) is 0 Å². The van der Waals surface area contributed by atoms with Crippen LogP contribution in [0.2, 0.25) is 0 Å². The summed E-state index contributed by atoms with van der Waals surface area (Å²) in [7, 11) is 0. The lowest BCUT2D eigenvalue weighted by Gasteiger charge is -2.07. The van der Waals surface area contributed by atoms with Crippen LogP contribution >= 0.6 is 0 Å². The Hall–Kier alpha value is -3.61. The molecule has 0 spiro atoms. The van der Waals surface area contributed by atoms with Crippen molar-refractivity contribution in [1.82, 2.24) is 14.8 Å². The lowest BCUT2D eigenvalue weighted by atomic mass is 10.2. The highest BCUT2D eigenvalue weighted by molar-refractivity contribution is 6.02. The van der Waals surface area contributed by atoms with Gasteiger partial charge in [0.05, 0.1) is 18.1 Å². The van der Waals surface area contributed by atoms with E-state index in [0.717, 1.165) is 16.8 Å². The van der Waals surface area contributed by atoms with Crippen molar-refractivity contribution < 1.29 is 13.9 Å². The smallest absolute Gasteiger partial charge is 0.291 e. The van der Waals surface area contributed by atoms with Crippen LogP contribution in [0.5, 0.6) is 5.75 Å². The van der Waals surface area contributed by atoms with Gasteiger partial charge in [0.2, 0.25) is 0 Å². The number of rotatable bonds is 6. The van der Waals surface area contributed by atoms with Gasteiger partial charge in [0.1, 0.15) is 18.1 Å². The number of benzene rings is 1. The molecule has 0 fully saturated rings. The van der Waals surface area contributed by atoms with Gasteiger partial charge in [0, 0.05) is 11.4 Å². The Labute approximate surface area is 168 Å². The number of nitrogens with one attached hydrogen (secondary N) is 1. The zero-order valence-corrected chi connectivity index (χ0v) is 16.5. The molecule has 0 atom stereocenters. The quantitative estimate of drug-likeness (QED) is 0.514. The van der Waals surface area contributed by atoms with E-state index < -0.39 is 0 Å². The number of anilines is 1. The molecule has 0 unspecified atom stereocenters. The number of ether oxygens (including phenoxy) is 1. The summed E-state index contributed by atoms with van der Waals surface area (Å²) in [5.41, 5.74) is 2.53. The summed E-state index contributed by atoms with van der Waals surface area (Å²) >= 11 is 0. The lowest BCUT2D eigenvalue weighted by Crippen LogP contribution is -2.11. The van der Waals surface area contributed by atoms with Crippen molar-refractivity contribution in [3.05, 3.63) is 71.9 Å². The number of nitrogens with zero attached hydrogens (tertiary/aromatic N) is 3. The summed E-state index contributed by atoms with van der Waals surface area (Å²) in [6, 6.07) is 13.2. The minimum atomic E-state index is -0.344. The van der Waals surface area contributed by atoms with E-state index in [9.17, 15) is 4.79 Å². The molecule has 1 aromatic carbocycles. The van der Waals surface area contributed by atoms with Gasteiger partial charge in [-0.15, -0.1) is 0 Å². The average Bonchev–Trinajstić information content (AvgIpc) is 3.34. The summed E-state index contributed by atoms with van der Waals surface area (Å²) in [5.74, 6) is 1.19. The molecule has 29 heavy (non-hydrogen) atoms. The fourth-order valence-corrected chi connectivity index (χ4v) is 2.95. The molecule has 0 saturated carbocycles. The Morgan fingerprint density at radius 3 is 2.72 bits per heavy atom. The van der Waals surface area contributed by atoms with Crippen LogP contribution in [0.25, 0.3) is 11.0 Å². The van der Waals surface area contributed by atoms with Crippen LogP contribution in [0, 0.1) is 6.92 Å². The number of hydrogen-bond acceptors (Lipinski definition) is 5. The van der Waals surface area contributed by atoms with Crippen molar-refractivity contribution in [3.8, 4) is 5.75 Å². The number of aryl methyl sites for hydroxylation is 1. The third kappa shape index (κ3) is 4.13. The van der Waals surface area contributed by atoms with Gasteiger partial charge in [-0.05, 0) is 51.1 Å². The van der Waals surface area contributed by atoms with E-state index in [-0.39, 0.29) is 24.3 Å². The molecule has 4 rings (SSSR count). The molecule has 3 aromatic heterocycles. The lowest BCUT2D eigenvalue weighted by molar-refractivity contribution is 0.0992. The number of pyridine rings is 1. The minimum Gasteiger partial charge on any atom is -0.486 e. The third-order valence-electron chi connectivity index (χ3n) is 4.47. The van der Waals surface area contributed by atoms with Gasteiger partial charge < -0.3 is 14.5 Å². The molecule has 4 aromatic rings. The molecule has 7 nitrogen and oxygen atoms in total. The maximum absolute atomic E-state index is 12.5. The van der Waals surface area contributed by atoms with Gasteiger partial charge in [-0.25, -0.2) is 9.67 Å². The highest BCUT2D eigenvalue weighted by Gasteiger charge is 2.14. The Balaban J connectivity index is 1.41. The predicted molar refractivity (Wildman–Crippen MR) is 110 cm³/mol. The third-order valence-corrected chi connectivity index (χ3v) is 4.47. The number of carbonyl (C=O) groups excluding carboxylic acids is 1. The van der Waals surface area contributed by atoms with E-state index in [2.05, 4.69) is 15.4 Å². The van der Waals surface area contributed by atoms with Crippen LogP contribution in [0.15, 0.2) is 59.3 Å². The first-order valence-electron chi connectivity index (χ1n) is 9.42. The molecule has 1 amide bonds. The Bertz CT molecular complexity index is 1140. The van der Waals surface area contributed by atoms with Crippen LogP contribution < -0.4 is 10.1 Å². The number of fused-ring (bicyclic) bond motifs is 1. The van der Waals surface area contributed by atoms with Crippen molar-refractivity contribution in [2.45, 2.75) is 33.4 Å². The van der Waals surface area contributed by atoms with Crippen molar-refractivity contribution in [2.24, 2.45) is 0 Å². The highest BCUT2D eigenvalue weighted by Crippen LogP contribution is 2.20. The summed E-state index contributed by atoms with van der Waals surface area (Å²) in [6.07, 6.45) is 3.36. The number of furan rings is 1.